The second kappa shape index (κ2) is 10.5. The van der Waals surface area contributed by atoms with E-state index in [1.807, 2.05) is 0 Å². The number of ether oxygens (including phenoxy) is 2. The van der Waals surface area contributed by atoms with Crippen molar-refractivity contribution in [3.63, 3.8) is 0 Å². The molecule has 0 aliphatic rings. The molecule has 0 N–H and O–H groups in total. The molecular formula is C13H22O3. The lowest BCUT2D eigenvalue weighted by molar-refractivity contribution is -0.144. The summed E-state index contributed by atoms with van der Waals surface area (Å²) >= 11 is 0. The molecule has 0 fully saturated rings. The zero-order valence-electron chi connectivity index (χ0n) is 10.5. The highest BCUT2D eigenvalue weighted by molar-refractivity contribution is 5.70. The zero-order chi connectivity index (χ0) is 12.2. The summed E-state index contributed by atoms with van der Waals surface area (Å²) in [6.45, 7) is 4.35. The Morgan fingerprint density at radius 3 is 2.62 bits per heavy atom. The lowest BCUT2D eigenvalue weighted by atomic mass is 10.2. The zero-order valence-corrected chi connectivity index (χ0v) is 10.5. The SMILES string of the molecule is CCCCCC#CC(CC(=O)OCC)OC. The maximum absolute atomic E-state index is 11.2. The fraction of sp³-hybridized carbons (Fsp3) is 0.769. The Balaban J connectivity index is 3.84. The van der Waals surface area contributed by atoms with Crippen LogP contribution in [0.2, 0.25) is 0 Å². The minimum Gasteiger partial charge on any atom is -0.466 e. The highest BCUT2D eigenvalue weighted by Crippen LogP contribution is 2.00. The quantitative estimate of drug-likeness (QED) is 0.380. The van der Waals surface area contributed by atoms with Crippen molar-refractivity contribution in [2.24, 2.45) is 0 Å². The van der Waals surface area contributed by atoms with Crippen LogP contribution >= 0.6 is 0 Å². The van der Waals surface area contributed by atoms with Gasteiger partial charge in [-0.2, -0.15) is 0 Å². The lowest BCUT2D eigenvalue weighted by Gasteiger charge is -2.07. The molecular weight excluding hydrogens is 204 g/mol. The summed E-state index contributed by atoms with van der Waals surface area (Å²) < 4.78 is 9.93. The van der Waals surface area contributed by atoms with E-state index in [0.29, 0.717) is 6.61 Å². The van der Waals surface area contributed by atoms with Crippen LogP contribution < -0.4 is 0 Å². The molecule has 0 saturated heterocycles. The first-order chi connectivity index (χ1) is 7.74. The minimum absolute atomic E-state index is 0.213. The van der Waals surface area contributed by atoms with E-state index in [1.54, 1.807) is 14.0 Å². The van der Waals surface area contributed by atoms with Gasteiger partial charge in [0.2, 0.25) is 0 Å². The van der Waals surface area contributed by atoms with E-state index in [9.17, 15) is 4.79 Å². The molecule has 0 aromatic rings. The number of rotatable bonds is 7. The minimum atomic E-state index is -0.333. The molecule has 0 aromatic heterocycles. The van der Waals surface area contributed by atoms with Crippen LogP contribution in [0, 0.1) is 11.8 Å². The van der Waals surface area contributed by atoms with Gasteiger partial charge in [-0.25, -0.2) is 0 Å². The van der Waals surface area contributed by atoms with Gasteiger partial charge >= 0.3 is 5.97 Å². The van der Waals surface area contributed by atoms with Gasteiger partial charge in [0.15, 0.2) is 0 Å². The summed E-state index contributed by atoms with van der Waals surface area (Å²) in [6.07, 6.45) is 4.25. The maximum Gasteiger partial charge on any atom is 0.309 e. The van der Waals surface area contributed by atoms with E-state index in [4.69, 9.17) is 9.47 Å². The van der Waals surface area contributed by atoms with Gasteiger partial charge in [0.25, 0.3) is 0 Å². The number of carbonyl (C=O) groups excluding carboxylic acids is 1. The second-order valence-electron chi connectivity index (χ2n) is 3.51. The van der Waals surface area contributed by atoms with Crippen LogP contribution in [-0.4, -0.2) is 25.8 Å². The van der Waals surface area contributed by atoms with Crippen LogP contribution in [0.4, 0.5) is 0 Å². The molecule has 1 atom stereocenters. The van der Waals surface area contributed by atoms with Gasteiger partial charge in [0.05, 0.1) is 13.0 Å². The Hall–Kier alpha value is -1.01. The molecule has 3 heteroatoms. The first-order valence-corrected chi connectivity index (χ1v) is 5.91. The Kier molecular flexibility index (Phi) is 9.84. The highest BCUT2D eigenvalue weighted by Gasteiger charge is 2.10. The van der Waals surface area contributed by atoms with Gasteiger partial charge in [-0.3, -0.25) is 4.79 Å². The topological polar surface area (TPSA) is 35.5 Å². The first-order valence-electron chi connectivity index (χ1n) is 5.91. The summed E-state index contributed by atoms with van der Waals surface area (Å²) in [6, 6.07) is 0. The van der Waals surface area contributed by atoms with Crippen molar-refractivity contribution in [2.45, 2.75) is 52.1 Å². The van der Waals surface area contributed by atoms with Crippen molar-refractivity contribution in [3.8, 4) is 11.8 Å². The molecule has 0 amide bonds. The van der Waals surface area contributed by atoms with Gasteiger partial charge < -0.3 is 9.47 Å². The molecule has 16 heavy (non-hydrogen) atoms. The summed E-state index contributed by atoms with van der Waals surface area (Å²) in [4.78, 5) is 11.2. The van der Waals surface area contributed by atoms with Gasteiger partial charge in [0.1, 0.15) is 6.10 Å². The third kappa shape index (κ3) is 8.31. The molecule has 0 spiro atoms. The summed E-state index contributed by atoms with van der Waals surface area (Å²) in [5.41, 5.74) is 0. The Morgan fingerprint density at radius 1 is 1.31 bits per heavy atom. The number of unbranched alkanes of at least 4 members (excludes halogenated alkanes) is 3. The van der Waals surface area contributed by atoms with Crippen molar-refractivity contribution < 1.29 is 14.3 Å². The predicted molar refractivity (Wildman–Crippen MR) is 64.0 cm³/mol. The molecule has 0 aliphatic carbocycles. The first kappa shape index (κ1) is 15.0. The number of carbonyl (C=O) groups is 1. The molecule has 0 heterocycles. The van der Waals surface area contributed by atoms with E-state index >= 15 is 0 Å². The van der Waals surface area contributed by atoms with E-state index in [0.717, 1.165) is 12.8 Å². The molecule has 0 rings (SSSR count). The van der Waals surface area contributed by atoms with E-state index in [-0.39, 0.29) is 18.5 Å². The predicted octanol–water partition coefficient (Wildman–Crippen LogP) is 2.54. The molecule has 1 unspecified atom stereocenters. The third-order valence-electron chi connectivity index (χ3n) is 2.11. The molecule has 0 bridgehead atoms. The van der Waals surface area contributed by atoms with Gasteiger partial charge in [-0.15, -0.1) is 5.92 Å². The van der Waals surface area contributed by atoms with Crippen LogP contribution in [0.1, 0.15) is 46.0 Å². The standard InChI is InChI=1S/C13H22O3/c1-4-6-7-8-9-10-12(15-3)11-13(14)16-5-2/h12H,4-8,11H2,1-3H3. The van der Waals surface area contributed by atoms with Gasteiger partial charge in [-0.05, 0) is 13.3 Å². The van der Waals surface area contributed by atoms with Crippen molar-refractivity contribution in [3.05, 3.63) is 0 Å². The number of hydrogen-bond acceptors (Lipinski definition) is 3. The van der Waals surface area contributed by atoms with E-state index in [2.05, 4.69) is 18.8 Å². The van der Waals surface area contributed by atoms with Crippen molar-refractivity contribution in [2.75, 3.05) is 13.7 Å². The molecule has 0 aliphatic heterocycles. The summed E-state index contributed by atoms with van der Waals surface area (Å²) in [5.74, 6) is 5.73. The smallest absolute Gasteiger partial charge is 0.309 e. The van der Waals surface area contributed by atoms with Crippen molar-refractivity contribution in [1.29, 1.82) is 0 Å². The maximum atomic E-state index is 11.2. The van der Waals surface area contributed by atoms with Crippen molar-refractivity contribution in [1.82, 2.24) is 0 Å². The number of methoxy groups -OCH3 is 1. The summed E-state index contributed by atoms with van der Waals surface area (Å²) in [7, 11) is 1.56. The Labute approximate surface area is 98.5 Å². The van der Waals surface area contributed by atoms with Crippen LogP contribution in [0.5, 0.6) is 0 Å². The molecule has 92 valence electrons. The number of esters is 1. The highest BCUT2D eigenvalue weighted by atomic mass is 16.5. The third-order valence-corrected chi connectivity index (χ3v) is 2.11. The fourth-order valence-corrected chi connectivity index (χ4v) is 1.21. The van der Waals surface area contributed by atoms with Crippen LogP contribution in [0.25, 0.3) is 0 Å². The van der Waals surface area contributed by atoms with Crippen LogP contribution in [-0.2, 0) is 14.3 Å². The van der Waals surface area contributed by atoms with Crippen molar-refractivity contribution >= 4 is 5.97 Å². The lowest BCUT2D eigenvalue weighted by Crippen LogP contribution is -2.16. The van der Waals surface area contributed by atoms with Crippen LogP contribution in [0.3, 0.4) is 0 Å². The Bertz CT molecular complexity index is 237. The van der Waals surface area contributed by atoms with E-state index in [1.165, 1.54) is 12.8 Å². The fourth-order valence-electron chi connectivity index (χ4n) is 1.21. The van der Waals surface area contributed by atoms with Gasteiger partial charge in [0, 0.05) is 13.5 Å². The average Bonchev–Trinajstić information content (AvgIpc) is 2.27. The Morgan fingerprint density at radius 2 is 2.06 bits per heavy atom. The largest absolute Gasteiger partial charge is 0.466 e. The summed E-state index contributed by atoms with van der Waals surface area (Å²) in [5, 5.41) is 0. The number of hydrogen-bond donors (Lipinski definition) is 0. The van der Waals surface area contributed by atoms with E-state index < -0.39 is 0 Å². The normalized spacial score (nSPS) is 11.4. The molecule has 0 aromatic carbocycles. The molecule has 3 nitrogen and oxygen atoms in total. The van der Waals surface area contributed by atoms with Crippen LogP contribution in [0.15, 0.2) is 0 Å². The monoisotopic (exact) mass is 226 g/mol. The average molecular weight is 226 g/mol. The van der Waals surface area contributed by atoms with Gasteiger partial charge in [-0.1, -0.05) is 25.7 Å². The second-order valence-corrected chi connectivity index (χ2v) is 3.51. The molecule has 0 saturated carbocycles. The molecule has 0 radical (unpaired) electrons.